The second-order valence-electron chi connectivity index (χ2n) is 6.55. The SMILES string of the molecule is COc1cc([N+](=O)[O-])ccc1/N=C1\SCCN1C1CCCCCCC1. The molecule has 0 unspecified atom stereocenters. The predicted octanol–water partition coefficient (Wildman–Crippen LogP) is 4.75. The van der Waals surface area contributed by atoms with E-state index in [1.807, 2.05) is 0 Å². The predicted molar refractivity (Wildman–Crippen MR) is 102 cm³/mol. The number of nitro groups is 1. The zero-order valence-electron chi connectivity index (χ0n) is 14.6. The Morgan fingerprint density at radius 2 is 1.96 bits per heavy atom. The molecule has 0 spiro atoms. The minimum atomic E-state index is -0.412. The van der Waals surface area contributed by atoms with Crippen molar-refractivity contribution in [1.82, 2.24) is 4.90 Å². The summed E-state index contributed by atoms with van der Waals surface area (Å²) in [5.74, 6) is 1.50. The molecule has 0 N–H and O–H groups in total. The molecule has 136 valence electrons. The van der Waals surface area contributed by atoms with Gasteiger partial charge in [0.05, 0.1) is 18.1 Å². The largest absolute Gasteiger partial charge is 0.494 e. The maximum atomic E-state index is 10.9. The lowest BCUT2D eigenvalue weighted by Gasteiger charge is -2.30. The number of nitrogens with zero attached hydrogens (tertiary/aromatic N) is 3. The normalized spacial score (nSPS) is 21.2. The summed E-state index contributed by atoms with van der Waals surface area (Å²) in [6.45, 7) is 1.03. The molecular weight excluding hydrogens is 338 g/mol. The van der Waals surface area contributed by atoms with Gasteiger partial charge in [0.15, 0.2) is 10.9 Å². The molecule has 0 radical (unpaired) electrons. The molecule has 6 nitrogen and oxygen atoms in total. The first kappa shape index (κ1) is 18.0. The van der Waals surface area contributed by atoms with E-state index in [1.165, 1.54) is 64.2 Å². The monoisotopic (exact) mass is 363 g/mol. The number of nitro benzene ring substituents is 1. The number of ether oxygens (including phenoxy) is 1. The Bertz CT molecular complexity index is 642. The summed E-state index contributed by atoms with van der Waals surface area (Å²) >= 11 is 1.77. The number of thioether (sulfide) groups is 1. The molecule has 1 aromatic carbocycles. The first-order valence-electron chi connectivity index (χ1n) is 8.99. The van der Waals surface area contributed by atoms with Crippen molar-refractivity contribution in [3.63, 3.8) is 0 Å². The van der Waals surface area contributed by atoms with Crippen LogP contribution >= 0.6 is 11.8 Å². The molecule has 1 aromatic rings. The van der Waals surface area contributed by atoms with E-state index in [9.17, 15) is 10.1 Å². The summed E-state index contributed by atoms with van der Waals surface area (Å²) in [4.78, 5) is 17.8. The van der Waals surface area contributed by atoms with Gasteiger partial charge in [0.1, 0.15) is 5.69 Å². The highest BCUT2D eigenvalue weighted by atomic mass is 32.2. The Hall–Kier alpha value is -1.76. The van der Waals surface area contributed by atoms with Crippen molar-refractivity contribution >= 4 is 28.3 Å². The minimum absolute atomic E-state index is 0.0248. The fraction of sp³-hybridized carbons (Fsp3) is 0.611. The van der Waals surface area contributed by atoms with Crippen LogP contribution in [0.4, 0.5) is 11.4 Å². The van der Waals surface area contributed by atoms with Crippen molar-refractivity contribution in [3.8, 4) is 5.75 Å². The zero-order chi connectivity index (χ0) is 17.6. The van der Waals surface area contributed by atoms with Gasteiger partial charge in [-0.1, -0.05) is 43.9 Å². The fourth-order valence-electron chi connectivity index (χ4n) is 3.57. The van der Waals surface area contributed by atoms with Crippen molar-refractivity contribution < 1.29 is 9.66 Å². The quantitative estimate of drug-likeness (QED) is 0.570. The van der Waals surface area contributed by atoms with Gasteiger partial charge in [0.2, 0.25) is 0 Å². The molecule has 7 heteroatoms. The summed E-state index contributed by atoms with van der Waals surface area (Å²) in [5, 5.41) is 12.0. The number of benzene rings is 1. The second kappa shape index (κ2) is 8.56. The molecule has 2 fully saturated rings. The first-order valence-corrected chi connectivity index (χ1v) is 9.98. The Labute approximate surface area is 152 Å². The average Bonchev–Trinajstić information content (AvgIpc) is 3.03. The number of amidine groups is 1. The van der Waals surface area contributed by atoms with Crippen LogP contribution in [0.25, 0.3) is 0 Å². The van der Waals surface area contributed by atoms with E-state index in [4.69, 9.17) is 9.73 Å². The highest BCUT2D eigenvalue weighted by Gasteiger charge is 2.27. The van der Waals surface area contributed by atoms with E-state index in [0.29, 0.717) is 17.5 Å². The highest BCUT2D eigenvalue weighted by molar-refractivity contribution is 8.14. The molecular formula is C18H25N3O3S. The Kier molecular flexibility index (Phi) is 6.18. The molecule has 0 amide bonds. The van der Waals surface area contributed by atoms with Crippen molar-refractivity contribution in [2.75, 3.05) is 19.4 Å². The maximum Gasteiger partial charge on any atom is 0.273 e. The Balaban J connectivity index is 1.82. The van der Waals surface area contributed by atoms with Gasteiger partial charge < -0.3 is 9.64 Å². The van der Waals surface area contributed by atoms with Crippen LogP contribution in [0.2, 0.25) is 0 Å². The molecule has 3 rings (SSSR count). The van der Waals surface area contributed by atoms with Gasteiger partial charge in [-0.15, -0.1) is 0 Å². The fourth-order valence-corrected chi connectivity index (χ4v) is 4.61. The molecule has 25 heavy (non-hydrogen) atoms. The van der Waals surface area contributed by atoms with Crippen molar-refractivity contribution in [3.05, 3.63) is 28.3 Å². The zero-order valence-corrected chi connectivity index (χ0v) is 15.5. The smallest absolute Gasteiger partial charge is 0.273 e. The van der Waals surface area contributed by atoms with E-state index in [-0.39, 0.29) is 5.69 Å². The number of non-ortho nitro benzene ring substituents is 1. The number of hydrogen-bond acceptors (Lipinski definition) is 5. The molecule has 0 bridgehead atoms. The third-order valence-electron chi connectivity index (χ3n) is 4.91. The molecule has 1 aliphatic heterocycles. The molecule has 1 aliphatic carbocycles. The Morgan fingerprint density at radius 3 is 2.64 bits per heavy atom. The van der Waals surface area contributed by atoms with E-state index in [1.54, 1.807) is 17.8 Å². The summed E-state index contributed by atoms with van der Waals surface area (Å²) < 4.78 is 5.32. The van der Waals surface area contributed by atoms with Crippen molar-refractivity contribution in [2.24, 2.45) is 4.99 Å². The standard InChI is InChI=1S/C18H25N3O3S/c1-24-17-13-15(21(22)23)9-10-16(17)19-18-20(11-12-25-18)14-7-5-3-2-4-6-8-14/h9-10,13-14H,2-8,11-12H2,1H3/b19-18-. The van der Waals surface area contributed by atoms with E-state index >= 15 is 0 Å². The molecule has 0 atom stereocenters. The lowest BCUT2D eigenvalue weighted by Crippen LogP contribution is -2.36. The van der Waals surface area contributed by atoms with Gasteiger partial charge in [-0.05, 0) is 18.9 Å². The maximum absolute atomic E-state index is 10.9. The topological polar surface area (TPSA) is 68.0 Å². The number of hydrogen-bond donors (Lipinski definition) is 0. The first-order chi connectivity index (χ1) is 12.2. The van der Waals surface area contributed by atoms with Gasteiger partial charge in [-0.3, -0.25) is 10.1 Å². The number of rotatable bonds is 4. The molecule has 1 heterocycles. The van der Waals surface area contributed by atoms with Crippen molar-refractivity contribution in [1.29, 1.82) is 0 Å². The lowest BCUT2D eigenvalue weighted by molar-refractivity contribution is -0.384. The van der Waals surface area contributed by atoms with E-state index in [2.05, 4.69) is 4.90 Å². The Morgan fingerprint density at radius 1 is 1.24 bits per heavy atom. The lowest BCUT2D eigenvalue weighted by atomic mass is 9.96. The number of aliphatic imine (C=N–C) groups is 1. The van der Waals surface area contributed by atoms with Gasteiger partial charge in [-0.2, -0.15) is 0 Å². The molecule has 0 aromatic heterocycles. The molecule has 1 saturated heterocycles. The van der Waals surface area contributed by atoms with E-state index in [0.717, 1.165) is 17.5 Å². The minimum Gasteiger partial charge on any atom is -0.494 e. The van der Waals surface area contributed by atoms with Crippen LogP contribution in [0.1, 0.15) is 44.9 Å². The van der Waals surface area contributed by atoms with Crippen LogP contribution < -0.4 is 4.74 Å². The van der Waals surface area contributed by atoms with Crippen LogP contribution in [-0.2, 0) is 0 Å². The van der Waals surface area contributed by atoms with Crippen LogP contribution in [-0.4, -0.2) is 40.4 Å². The molecule has 2 aliphatic rings. The average molecular weight is 363 g/mol. The van der Waals surface area contributed by atoms with Crippen molar-refractivity contribution in [2.45, 2.75) is 51.0 Å². The number of methoxy groups -OCH3 is 1. The van der Waals surface area contributed by atoms with Gasteiger partial charge in [-0.25, -0.2) is 4.99 Å². The van der Waals surface area contributed by atoms with Crippen LogP contribution in [0.15, 0.2) is 23.2 Å². The summed E-state index contributed by atoms with van der Waals surface area (Å²) in [7, 11) is 1.52. The van der Waals surface area contributed by atoms with Gasteiger partial charge in [0, 0.05) is 24.4 Å². The van der Waals surface area contributed by atoms with Crippen LogP contribution in [0, 0.1) is 10.1 Å². The third kappa shape index (κ3) is 4.45. The summed E-state index contributed by atoms with van der Waals surface area (Å²) in [5.41, 5.74) is 0.685. The van der Waals surface area contributed by atoms with E-state index < -0.39 is 4.92 Å². The van der Waals surface area contributed by atoms with Gasteiger partial charge in [0.25, 0.3) is 5.69 Å². The van der Waals surface area contributed by atoms with Crippen LogP contribution in [0.3, 0.4) is 0 Å². The third-order valence-corrected chi connectivity index (χ3v) is 5.89. The summed E-state index contributed by atoms with van der Waals surface area (Å²) in [6.07, 6.45) is 9.08. The molecule has 1 saturated carbocycles. The second-order valence-corrected chi connectivity index (χ2v) is 7.61. The summed E-state index contributed by atoms with van der Waals surface area (Å²) in [6, 6.07) is 5.18. The van der Waals surface area contributed by atoms with Gasteiger partial charge >= 0.3 is 0 Å². The highest BCUT2D eigenvalue weighted by Crippen LogP contribution is 2.35. The van der Waals surface area contributed by atoms with Crippen LogP contribution in [0.5, 0.6) is 5.75 Å².